The lowest BCUT2D eigenvalue weighted by molar-refractivity contribution is -0.128. The van der Waals surface area contributed by atoms with Crippen LogP contribution in [0.3, 0.4) is 0 Å². The van der Waals surface area contributed by atoms with Crippen molar-refractivity contribution in [2.24, 2.45) is 5.73 Å². The molecule has 0 aromatic heterocycles. The van der Waals surface area contributed by atoms with Crippen LogP contribution >= 0.6 is 0 Å². The summed E-state index contributed by atoms with van der Waals surface area (Å²) in [6.45, 7) is 0. The third kappa shape index (κ3) is 1.76. The smallest absolute Gasteiger partial charge is 0.239 e. The fraction of sp³-hybridized carbons (Fsp3) is 0.417. The van der Waals surface area contributed by atoms with E-state index in [1.54, 1.807) is 19.1 Å². The van der Waals surface area contributed by atoms with Crippen molar-refractivity contribution in [1.29, 1.82) is 0 Å². The van der Waals surface area contributed by atoms with E-state index in [0.29, 0.717) is 6.42 Å². The first-order valence-electron chi connectivity index (χ1n) is 5.29. The number of hydrogen-bond donors (Lipinski definition) is 1. The van der Waals surface area contributed by atoms with Gasteiger partial charge in [-0.25, -0.2) is 0 Å². The van der Waals surface area contributed by atoms with E-state index >= 15 is 0 Å². The first-order valence-corrected chi connectivity index (χ1v) is 5.29. The Bertz CT molecular complexity index is 389. The van der Waals surface area contributed by atoms with Crippen LogP contribution in [0.5, 0.6) is 5.75 Å². The molecule has 4 heteroatoms. The van der Waals surface area contributed by atoms with Crippen molar-refractivity contribution >= 4 is 5.91 Å². The van der Waals surface area contributed by atoms with Gasteiger partial charge >= 0.3 is 0 Å². The summed E-state index contributed by atoms with van der Waals surface area (Å²) in [6, 6.07) is 7.48. The van der Waals surface area contributed by atoms with Crippen LogP contribution < -0.4 is 10.5 Å². The van der Waals surface area contributed by atoms with E-state index in [4.69, 9.17) is 10.5 Å². The molecule has 2 rings (SSSR count). The molecule has 1 heterocycles. The van der Waals surface area contributed by atoms with Gasteiger partial charge in [0.1, 0.15) is 5.75 Å². The maximum Gasteiger partial charge on any atom is 0.239 e. The Morgan fingerprint density at radius 3 is 2.44 bits per heavy atom. The Labute approximate surface area is 95.0 Å². The molecule has 1 saturated heterocycles. The van der Waals surface area contributed by atoms with Crippen LogP contribution in [0.25, 0.3) is 0 Å². The number of methoxy groups -OCH3 is 1. The summed E-state index contributed by atoms with van der Waals surface area (Å²) in [5.74, 6) is 0.834. The van der Waals surface area contributed by atoms with Gasteiger partial charge in [-0.3, -0.25) is 4.79 Å². The largest absolute Gasteiger partial charge is 0.497 e. The average molecular weight is 220 g/mol. The number of hydrogen-bond acceptors (Lipinski definition) is 3. The molecule has 16 heavy (non-hydrogen) atoms. The zero-order valence-corrected chi connectivity index (χ0v) is 9.51. The Kier molecular flexibility index (Phi) is 2.83. The molecule has 0 unspecified atom stereocenters. The third-order valence-corrected chi connectivity index (χ3v) is 3.11. The molecule has 1 aromatic rings. The van der Waals surface area contributed by atoms with Gasteiger partial charge in [-0.2, -0.15) is 0 Å². The summed E-state index contributed by atoms with van der Waals surface area (Å²) in [5, 5.41) is 0. The zero-order chi connectivity index (χ0) is 11.7. The number of benzene rings is 1. The van der Waals surface area contributed by atoms with Gasteiger partial charge in [0.25, 0.3) is 0 Å². The molecule has 1 aliphatic rings. The van der Waals surface area contributed by atoms with Crippen LogP contribution in [0.15, 0.2) is 24.3 Å². The SMILES string of the molecule is COc1ccc([C@@H]2C[C@@H](N)C(=O)N2C)cc1. The molecular formula is C12H16N2O2. The van der Waals surface area contributed by atoms with Crippen LogP contribution in [-0.2, 0) is 4.79 Å². The molecule has 2 N–H and O–H groups in total. The number of likely N-dealkylation sites (N-methyl/N-ethyl adjacent to an activating group) is 1. The van der Waals surface area contributed by atoms with Gasteiger partial charge < -0.3 is 15.4 Å². The van der Waals surface area contributed by atoms with Crippen LogP contribution in [-0.4, -0.2) is 31.0 Å². The molecule has 0 aliphatic carbocycles. The van der Waals surface area contributed by atoms with Crippen molar-refractivity contribution in [2.75, 3.05) is 14.2 Å². The standard InChI is InChI=1S/C12H16N2O2/c1-14-11(7-10(13)12(14)15)8-3-5-9(16-2)6-4-8/h3-6,10-11H,7,13H2,1-2H3/t10-,11+/m1/s1. The molecule has 1 amide bonds. The summed E-state index contributed by atoms with van der Waals surface area (Å²) in [5.41, 5.74) is 6.84. The van der Waals surface area contributed by atoms with E-state index in [9.17, 15) is 4.79 Å². The van der Waals surface area contributed by atoms with Gasteiger partial charge in [-0.15, -0.1) is 0 Å². The molecule has 2 atom stereocenters. The van der Waals surface area contributed by atoms with Crippen molar-refractivity contribution in [3.8, 4) is 5.75 Å². The van der Waals surface area contributed by atoms with Gasteiger partial charge in [-0.1, -0.05) is 12.1 Å². The van der Waals surface area contributed by atoms with Crippen molar-refractivity contribution in [1.82, 2.24) is 4.90 Å². The lowest BCUT2D eigenvalue weighted by atomic mass is 10.0. The highest BCUT2D eigenvalue weighted by Crippen LogP contribution is 2.31. The fourth-order valence-electron chi connectivity index (χ4n) is 2.10. The van der Waals surface area contributed by atoms with Crippen molar-refractivity contribution in [3.63, 3.8) is 0 Å². The molecule has 0 saturated carbocycles. The maximum atomic E-state index is 11.6. The van der Waals surface area contributed by atoms with E-state index in [-0.39, 0.29) is 18.0 Å². The van der Waals surface area contributed by atoms with Crippen LogP contribution in [0.2, 0.25) is 0 Å². The number of rotatable bonds is 2. The van der Waals surface area contributed by atoms with Crippen LogP contribution in [0.4, 0.5) is 0 Å². The highest BCUT2D eigenvalue weighted by atomic mass is 16.5. The summed E-state index contributed by atoms with van der Waals surface area (Å²) < 4.78 is 5.10. The quantitative estimate of drug-likeness (QED) is 0.806. The van der Waals surface area contributed by atoms with Crippen LogP contribution in [0, 0.1) is 0 Å². The molecule has 1 aliphatic heterocycles. The minimum absolute atomic E-state index is 0.0146. The zero-order valence-electron chi connectivity index (χ0n) is 9.51. The van der Waals surface area contributed by atoms with Crippen LogP contribution in [0.1, 0.15) is 18.0 Å². The van der Waals surface area contributed by atoms with Gasteiger partial charge in [0, 0.05) is 7.05 Å². The second-order valence-electron chi connectivity index (χ2n) is 4.08. The number of amides is 1. The second-order valence-corrected chi connectivity index (χ2v) is 4.08. The maximum absolute atomic E-state index is 11.6. The van der Waals surface area contributed by atoms with Gasteiger partial charge in [0.05, 0.1) is 19.2 Å². The van der Waals surface area contributed by atoms with E-state index in [0.717, 1.165) is 11.3 Å². The minimum Gasteiger partial charge on any atom is -0.497 e. The van der Waals surface area contributed by atoms with E-state index in [2.05, 4.69) is 0 Å². The third-order valence-electron chi connectivity index (χ3n) is 3.11. The molecule has 86 valence electrons. The van der Waals surface area contributed by atoms with E-state index in [1.807, 2.05) is 24.3 Å². The predicted molar refractivity (Wildman–Crippen MR) is 61.1 cm³/mol. The first kappa shape index (κ1) is 11.0. The molecule has 1 aromatic carbocycles. The molecule has 0 spiro atoms. The molecule has 1 fully saturated rings. The van der Waals surface area contributed by atoms with Gasteiger partial charge in [0.2, 0.25) is 5.91 Å². The van der Waals surface area contributed by atoms with Crippen molar-refractivity contribution in [2.45, 2.75) is 18.5 Å². The summed E-state index contributed by atoms with van der Waals surface area (Å²) in [7, 11) is 3.43. The monoisotopic (exact) mass is 220 g/mol. The Morgan fingerprint density at radius 2 is 2.00 bits per heavy atom. The Morgan fingerprint density at radius 1 is 1.38 bits per heavy atom. The summed E-state index contributed by atoms with van der Waals surface area (Å²) >= 11 is 0. The van der Waals surface area contributed by atoms with Gasteiger partial charge in [-0.05, 0) is 24.1 Å². The fourth-order valence-corrected chi connectivity index (χ4v) is 2.10. The number of carbonyl (C=O) groups is 1. The van der Waals surface area contributed by atoms with Crippen molar-refractivity contribution < 1.29 is 9.53 Å². The molecule has 0 radical (unpaired) electrons. The predicted octanol–water partition coefficient (Wildman–Crippen LogP) is 0.926. The number of nitrogens with two attached hydrogens (primary N) is 1. The number of carbonyl (C=O) groups excluding carboxylic acids is 1. The lowest BCUT2D eigenvalue weighted by Gasteiger charge is -2.19. The normalized spacial score (nSPS) is 24.9. The number of ether oxygens (including phenoxy) is 1. The topological polar surface area (TPSA) is 55.6 Å². The van der Waals surface area contributed by atoms with Crippen molar-refractivity contribution in [3.05, 3.63) is 29.8 Å². The number of likely N-dealkylation sites (tertiary alicyclic amines) is 1. The number of nitrogens with zero attached hydrogens (tertiary/aromatic N) is 1. The Hall–Kier alpha value is -1.55. The summed E-state index contributed by atoms with van der Waals surface area (Å²) in [4.78, 5) is 13.3. The first-order chi connectivity index (χ1) is 7.63. The van der Waals surface area contributed by atoms with E-state index in [1.165, 1.54) is 0 Å². The lowest BCUT2D eigenvalue weighted by Crippen LogP contribution is -2.31. The molecule has 4 nitrogen and oxygen atoms in total. The molecular weight excluding hydrogens is 204 g/mol. The summed E-state index contributed by atoms with van der Waals surface area (Å²) in [6.07, 6.45) is 0.682. The highest BCUT2D eigenvalue weighted by molar-refractivity contribution is 5.84. The Balaban J connectivity index is 2.21. The van der Waals surface area contributed by atoms with E-state index < -0.39 is 0 Å². The highest BCUT2D eigenvalue weighted by Gasteiger charge is 2.35. The second kappa shape index (κ2) is 4.14. The molecule has 0 bridgehead atoms. The van der Waals surface area contributed by atoms with Gasteiger partial charge in [0.15, 0.2) is 0 Å². The minimum atomic E-state index is -0.364. The average Bonchev–Trinajstić information content (AvgIpc) is 2.57.